The average Bonchev–Trinajstić information content (AvgIpc) is 2.03. The van der Waals surface area contributed by atoms with Gasteiger partial charge in [0.25, 0.3) is 0 Å². The van der Waals surface area contributed by atoms with Crippen molar-refractivity contribution in [3.05, 3.63) is 0 Å². The molecular weight excluding hydrogens is 150 g/mol. The molecule has 2 unspecified atom stereocenters. The van der Waals surface area contributed by atoms with E-state index in [1.54, 1.807) is 0 Å². The monoisotopic (exact) mass is 169 g/mol. The molecule has 1 N–H and O–H groups in total. The summed E-state index contributed by atoms with van der Waals surface area (Å²) in [5.41, 5.74) is 0. The van der Waals surface area contributed by atoms with Crippen LogP contribution in [0.4, 0.5) is 0 Å². The fourth-order valence-electron chi connectivity index (χ4n) is 2.30. The highest BCUT2D eigenvalue weighted by Crippen LogP contribution is 2.32. The van der Waals surface area contributed by atoms with E-state index in [0.717, 1.165) is 18.5 Å². The molecule has 1 aliphatic heterocycles. The first-order valence-electron chi connectivity index (χ1n) is 5.16. The highest BCUT2D eigenvalue weighted by atomic mass is 16.5. The van der Waals surface area contributed by atoms with Gasteiger partial charge in [0, 0.05) is 19.7 Å². The molecule has 2 nitrogen and oxygen atoms in total. The Labute approximate surface area is 74.7 Å². The molecule has 12 heavy (non-hydrogen) atoms. The predicted molar refractivity (Wildman–Crippen MR) is 49.2 cm³/mol. The van der Waals surface area contributed by atoms with Gasteiger partial charge in [-0.3, -0.25) is 0 Å². The first kappa shape index (κ1) is 8.52. The summed E-state index contributed by atoms with van der Waals surface area (Å²) in [6, 6.07) is 0.810. The molecule has 2 atom stereocenters. The summed E-state index contributed by atoms with van der Waals surface area (Å²) in [5.74, 6) is 0.989. The Morgan fingerprint density at radius 3 is 2.42 bits per heavy atom. The van der Waals surface area contributed by atoms with Gasteiger partial charge in [-0.25, -0.2) is 0 Å². The maximum Gasteiger partial charge on any atom is 0.0696 e. The third-order valence-corrected chi connectivity index (χ3v) is 3.46. The molecule has 2 aliphatic rings. The zero-order valence-corrected chi connectivity index (χ0v) is 7.88. The minimum atomic E-state index is 0.473. The van der Waals surface area contributed by atoms with Gasteiger partial charge >= 0.3 is 0 Å². The number of ether oxygens (including phenoxy) is 1. The average molecular weight is 169 g/mol. The minimum Gasteiger partial charge on any atom is -0.380 e. The van der Waals surface area contributed by atoms with Crippen molar-refractivity contribution in [3.63, 3.8) is 0 Å². The van der Waals surface area contributed by atoms with E-state index in [4.69, 9.17) is 4.74 Å². The molecule has 0 aromatic carbocycles. The van der Waals surface area contributed by atoms with Crippen molar-refractivity contribution in [1.82, 2.24) is 5.32 Å². The molecule has 70 valence electrons. The number of piperidine rings is 1. The molecular formula is C10H19NO. The molecule has 0 amide bonds. The molecule has 0 aromatic rings. The Morgan fingerprint density at radius 2 is 2.00 bits per heavy atom. The number of nitrogens with one attached hydrogen (secondary N) is 1. The second kappa shape index (κ2) is 3.75. The normalized spacial score (nSPS) is 37.8. The predicted octanol–water partition coefficient (Wildman–Crippen LogP) is 1.55. The van der Waals surface area contributed by atoms with Crippen LogP contribution < -0.4 is 5.32 Å². The highest BCUT2D eigenvalue weighted by Gasteiger charge is 2.30. The van der Waals surface area contributed by atoms with Gasteiger partial charge in [-0.05, 0) is 31.6 Å². The van der Waals surface area contributed by atoms with Gasteiger partial charge in [0.15, 0.2) is 0 Å². The van der Waals surface area contributed by atoms with E-state index in [2.05, 4.69) is 5.32 Å². The first-order valence-corrected chi connectivity index (χ1v) is 5.16. The van der Waals surface area contributed by atoms with Crippen molar-refractivity contribution in [3.8, 4) is 0 Å². The summed E-state index contributed by atoms with van der Waals surface area (Å²) >= 11 is 0. The van der Waals surface area contributed by atoms with Crippen LogP contribution in [0.1, 0.15) is 32.1 Å². The summed E-state index contributed by atoms with van der Waals surface area (Å²) in [7, 11) is 1.82. The van der Waals surface area contributed by atoms with E-state index in [1.807, 2.05) is 7.11 Å². The summed E-state index contributed by atoms with van der Waals surface area (Å²) in [4.78, 5) is 0. The molecule has 2 heteroatoms. The van der Waals surface area contributed by atoms with Gasteiger partial charge in [0.1, 0.15) is 0 Å². The Bertz CT molecular complexity index is 137. The van der Waals surface area contributed by atoms with Crippen molar-refractivity contribution >= 4 is 0 Å². The van der Waals surface area contributed by atoms with Crippen LogP contribution in [-0.4, -0.2) is 25.8 Å². The second-order valence-corrected chi connectivity index (χ2v) is 4.14. The lowest BCUT2D eigenvalue weighted by atomic mass is 9.77. The number of rotatable bonds is 2. The van der Waals surface area contributed by atoms with Crippen LogP contribution in [0.3, 0.4) is 0 Å². The van der Waals surface area contributed by atoms with Crippen LogP contribution in [0.25, 0.3) is 0 Å². The van der Waals surface area contributed by atoms with Crippen LogP contribution in [0, 0.1) is 5.92 Å². The number of hydrogen-bond acceptors (Lipinski definition) is 2. The third kappa shape index (κ3) is 1.64. The van der Waals surface area contributed by atoms with Gasteiger partial charge in [0.2, 0.25) is 0 Å². The van der Waals surface area contributed by atoms with E-state index >= 15 is 0 Å². The highest BCUT2D eigenvalue weighted by molar-refractivity contribution is 4.87. The van der Waals surface area contributed by atoms with Crippen molar-refractivity contribution in [2.24, 2.45) is 5.92 Å². The minimum absolute atomic E-state index is 0.473. The standard InChI is InChI=1S/C10H19NO/c1-12-9-5-6-10(11-7-9)8-3-2-4-8/h8-11H,2-7H2,1H3. The fraction of sp³-hybridized carbons (Fsp3) is 1.00. The zero-order chi connectivity index (χ0) is 8.39. The molecule has 2 rings (SSSR count). The van der Waals surface area contributed by atoms with E-state index < -0.39 is 0 Å². The van der Waals surface area contributed by atoms with Gasteiger partial charge in [-0.15, -0.1) is 0 Å². The number of methoxy groups -OCH3 is 1. The van der Waals surface area contributed by atoms with Crippen LogP contribution >= 0.6 is 0 Å². The first-order chi connectivity index (χ1) is 5.90. The molecule has 0 bridgehead atoms. The van der Waals surface area contributed by atoms with Gasteiger partial charge in [-0.2, -0.15) is 0 Å². The Hall–Kier alpha value is -0.0800. The lowest BCUT2D eigenvalue weighted by molar-refractivity contribution is 0.0545. The molecule has 1 heterocycles. The molecule has 0 spiro atoms. The van der Waals surface area contributed by atoms with Crippen LogP contribution in [0.15, 0.2) is 0 Å². The SMILES string of the molecule is COC1CCC(C2CCC2)NC1. The van der Waals surface area contributed by atoms with Crippen molar-refractivity contribution in [1.29, 1.82) is 0 Å². The molecule has 2 fully saturated rings. The van der Waals surface area contributed by atoms with E-state index in [-0.39, 0.29) is 0 Å². The maximum absolute atomic E-state index is 5.31. The van der Waals surface area contributed by atoms with E-state index in [9.17, 15) is 0 Å². The van der Waals surface area contributed by atoms with Gasteiger partial charge in [0.05, 0.1) is 6.10 Å². The van der Waals surface area contributed by atoms with E-state index in [0.29, 0.717) is 6.10 Å². The zero-order valence-electron chi connectivity index (χ0n) is 7.88. The largest absolute Gasteiger partial charge is 0.380 e. The molecule has 1 saturated heterocycles. The summed E-state index contributed by atoms with van der Waals surface area (Å²) in [5, 5.41) is 3.60. The smallest absolute Gasteiger partial charge is 0.0696 e. The molecule has 1 aliphatic carbocycles. The lowest BCUT2D eigenvalue weighted by Gasteiger charge is -2.38. The Kier molecular flexibility index (Phi) is 2.66. The number of hydrogen-bond donors (Lipinski definition) is 1. The maximum atomic E-state index is 5.31. The lowest BCUT2D eigenvalue weighted by Crippen LogP contribution is -2.47. The second-order valence-electron chi connectivity index (χ2n) is 4.14. The van der Waals surface area contributed by atoms with Crippen molar-refractivity contribution < 1.29 is 4.74 Å². The summed E-state index contributed by atoms with van der Waals surface area (Å²) in [6.45, 7) is 1.07. The summed E-state index contributed by atoms with van der Waals surface area (Å²) in [6.07, 6.45) is 7.41. The Balaban J connectivity index is 1.74. The quantitative estimate of drug-likeness (QED) is 0.677. The fourth-order valence-corrected chi connectivity index (χ4v) is 2.30. The van der Waals surface area contributed by atoms with Crippen molar-refractivity contribution in [2.75, 3.05) is 13.7 Å². The topological polar surface area (TPSA) is 21.3 Å². The van der Waals surface area contributed by atoms with Crippen molar-refractivity contribution in [2.45, 2.75) is 44.2 Å². The van der Waals surface area contributed by atoms with Crippen LogP contribution in [0.2, 0.25) is 0 Å². The molecule has 0 aromatic heterocycles. The van der Waals surface area contributed by atoms with Gasteiger partial charge in [-0.1, -0.05) is 6.42 Å². The molecule has 1 saturated carbocycles. The van der Waals surface area contributed by atoms with Crippen LogP contribution in [-0.2, 0) is 4.74 Å². The van der Waals surface area contributed by atoms with Gasteiger partial charge < -0.3 is 10.1 Å². The third-order valence-electron chi connectivity index (χ3n) is 3.46. The summed E-state index contributed by atoms with van der Waals surface area (Å²) < 4.78 is 5.31. The molecule has 0 radical (unpaired) electrons. The Morgan fingerprint density at radius 1 is 1.17 bits per heavy atom. The van der Waals surface area contributed by atoms with E-state index in [1.165, 1.54) is 32.1 Å². The van der Waals surface area contributed by atoms with Crippen LogP contribution in [0.5, 0.6) is 0 Å².